The topological polar surface area (TPSA) is 38.3 Å². The zero-order valence-electron chi connectivity index (χ0n) is 10.9. The summed E-state index contributed by atoms with van der Waals surface area (Å²) in [4.78, 5) is 12.2. The SMILES string of the molecule is CC(C)(C)OC(=O)C1CCNc2ccc(Br)cc21. The fourth-order valence-corrected chi connectivity index (χ4v) is 2.49. The summed E-state index contributed by atoms with van der Waals surface area (Å²) in [5.41, 5.74) is 1.61. The van der Waals surface area contributed by atoms with E-state index in [9.17, 15) is 4.79 Å². The molecule has 1 aromatic carbocycles. The lowest BCUT2D eigenvalue weighted by Gasteiger charge is -2.28. The quantitative estimate of drug-likeness (QED) is 0.804. The second-order valence-corrected chi connectivity index (χ2v) is 6.45. The van der Waals surface area contributed by atoms with Gasteiger partial charge in [-0.05, 0) is 51.0 Å². The number of carbonyl (C=O) groups excluding carboxylic acids is 1. The van der Waals surface area contributed by atoms with Crippen molar-refractivity contribution in [3.05, 3.63) is 28.2 Å². The highest BCUT2D eigenvalue weighted by Gasteiger charge is 2.30. The van der Waals surface area contributed by atoms with Crippen molar-refractivity contribution in [2.45, 2.75) is 38.7 Å². The highest BCUT2D eigenvalue weighted by atomic mass is 79.9. The van der Waals surface area contributed by atoms with Crippen LogP contribution in [-0.2, 0) is 9.53 Å². The molecule has 0 aliphatic carbocycles. The number of anilines is 1. The van der Waals surface area contributed by atoms with Crippen LogP contribution < -0.4 is 5.32 Å². The summed E-state index contributed by atoms with van der Waals surface area (Å²) in [6, 6.07) is 5.97. The molecule has 1 aliphatic rings. The van der Waals surface area contributed by atoms with Gasteiger partial charge in [-0.25, -0.2) is 0 Å². The monoisotopic (exact) mass is 311 g/mol. The van der Waals surface area contributed by atoms with E-state index in [4.69, 9.17) is 4.74 Å². The Morgan fingerprint density at radius 2 is 2.17 bits per heavy atom. The van der Waals surface area contributed by atoms with Gasteiger partial charge in [-0.2, -0.15) is 0 Å². The van der Waals surface area contributed by atoms with Crippen LogP contribution in [0.1, 0.15) is 38.7 Å². The van der Waals surface area contributed by atoms with E-state index in [2.05, 4.69) is 21.2 Å². The van der Waals surface area contributed by atoms with Crippen LogP contribution in [0.3, 0.4) is 0 Å². The van der Waals surface area contributed by atoms with E-state index in [-0.39, 0.29) is 11.9 Å². The maximum Gasteiger partial charge on any atom is 0.314 e. The lowest BCUT2D eigenvalue weighted by molar-refractivity contribution is -0.156. The second-order valence-electron chi connectivity index (χ2n) is 5.53. The minimum Gasteiger partial charge on any atom is -0.459 e. The molecule has 0 radical (unpaired) electrons. The first-order valence-corrected chi connectivity index (χ1v) is 6.92. The highest BCUT2D eigenvalue weighted by Crippen LogP contribution is 2.35. The smallest absolute Gasteiger partial charge is 0.314 e. The van der Waals surface area contributed by atoms with Crippen molar-refractivity contribution < 1.29 is 9.53 Å². The molecule has 98 valence electrons. The Morgan fingerprint density at radius 3 is 2.83 bits per heavy atom. The van der Waals surface area contributed by atoms with Gasteiger partial charge >= 0.3 is 5.97 Å². The van der Waals surface area contributed by atoms with Gasteiger partial charge in [0.15, 0.2) is 0 Å². The van der Waals surface area contributed by atoms with Crippen LogP contribution in [0, 0.1) is 0 Å². The van der Waals surface area contributed by atoms with Crippen LogP contribution in [-0.4, -0.2) is 18.1 Å². The van der Waals surface area contributed by atoms with E-state index < -0.39 is 5.60 Å². The van der Waals surface area contributed by atoms with Gasteiger partial charge in [0.1, 0.15) is 5.60 Å². The van der Waals surface area contributed by atoms with Crippen molar-refractivity contribution in [2.75, 3.05) is 11.9 Å². The maximum absolute atomic E-state index is 12.2. The molecule has 0 spiro atoms. The van der Waals surface area contributed by atoms with Crippen molar-refractivity contribution >= 4 is 27.6 Å². The third-order valence-electron chi connectivity index (χ3n) is 2.83. The third-order valence-corrected chi connectivity index (χ3v) is 3.32. The Bertz CT molecular complexity index is 465. The van der Waals surface area contributed by atoms with Crippen molar-refractivity contribution in [3.8, 4) is 0 Å². The van der Waals surface area contributed by atoms with Gasteiger partial charge in [0.25, 0.3) is 0 Å². The number of esters is 1. The van der Waals surface area contributed by atoms with Crippen LogP contribution in [0.25, 0.3) is 0 Å². The molecular weight excluding hydrogens is 294 g/mol. The molecular formula is C14H18BrNO2. The summed E-state index contributed by atoms with van der Waals surface area (Å²) in [5, 5.41) is 3.31. The third kappa shape index (κ3) is 3.05. The number of benzene rings is 1. The first-order valence-electron chi connectivity index (χ1n) is 6.13. The molecule has 0 saturated carbocycles. The number of fused-ring (bicyclic) bond motifs is 1. The van der Waals surface area contributed by atoms with Crippen molar-refractivity contribution in [1.29, 1.82) is 0 Å². The maximum atomic E-state index is 12.2. The summed E-state index contributed by atoms with van der Waals surface area (Å²) in [6.45, 7) is 6.49. The average Bonchev–Trinajstić information content (AvgIpc) is 2.25. The van der Waals surface area contributed by atoms with Crippen molar-refractivity contribution in [2.24, 2.45) is 0 Å². The molecule has 0 saturated heterocycles. The number of hydrogen-bond donors (Lipinski definition) is 1. The van der Waals surface area contributed by atoms with Crippen LogP contribution in [0.5, 0.6) is 0 Å². The fourth-order valence-electron chi connectivity index (χ4n) is 2.11. The van der Waals surface area contributed by atoms with Crippen molar-refractivity contribution in [1.82, 2.24) is 0 Å². The van der Waals surface area contributed by atoms with Crippen LogP contribution in [0.15, 0.2) is 22.7 Å². The molecule has 3 nitrogen and oxygen atoms in total. The summed E-state index contributed by atoms with van der Waals surface area (Å²) < 4.78 is 6.48. The number of halogens is 1. The standard InChI is InChI=1S/C14H18BrNO2/c1-14(2,3)18-13(17)10-6-7-16-12-5-4-9(15)8-11(10)12/h4-5,8,10,16H,6-7H2,1-3H3. The molecule has 1 atom stereocenters. The Morgan fingerprint density at radius 1 is 1.44 bits per heavy atom. The molecule has 1 unspecified atom stereocenters. The molecule has 0 fully saturated rings. The minimum atomic E-state index is -0.436. The Hall–Kier alpha value is -1.03. The first kappa shape index (κ1) is 13.4. The number of rotatable bonds is 1. The van der Waals surface area contributed by atoms with E-state index in [1.165, 1.54) is 0 Å². The predicted molar refractivity (Wildman–Crippen MR) is 75.8 cm³/mol. The molecule has 18 heavy (non-hydrogen) atoms. The van der Waals surface area contributed by atoms with E-state index in [0.29, 0.717) is 0 Å². The molecule has 1 heterocycles. The Balaban J connectivity index is 2.27. The molecule has 0 aromatic heterocycles. The highest BCUT2D eigenvalue weighted by molar-refractivity contribution is 9.10. The number of nitrogens with one attached hydrogen (secondary N) is 1. The van der Waals surface area contributed by atoms with Crippen molar-refractivity contribution in [3.63, 3.8) is 0 Å². The van der Waals surface area contributed by atoms with Gasteiger partial charge < -0.3 is 10.1 Å². The molecule has 4 heteroatoms. The summed E-state index contributed by atoms with van der Waals surface area (Å²) in [6.07, 6.45) is 0.776. The minimum absolute atomic E-state index is 0.136. The average molecular weight is 312 g/mol. The van der Waals surface area contributed by atoms with Gasteiger partial charge in [-0.1, -0.05) is 15.9 Å². The summed E-state index contributed by atoms with van der Waals surface area (Å²) in [5.74, 6) is -0.304. The van der Waals surface area contributed by atoms with Gasteiger partial charge in [0, 0.05) is 16.7 Å². The molecule has 1 aromatic rings. The second kappa shape index (κ2) is 4.92. The Kier molecular flexibility index (Phi) is 3.66. The molecule has 0 amide bonds. The number of carbonyl (C=O) groups is 1. The lowest BCUT2D eigenvalue weighted by atomic mass is 9.91. The first-order chi connectivity index (χ1) is 8.37. The Labute approximate surface area is 116 Å². The van der Waals surface area contributed by atoms with Gasteiger partial charge in [-0.15, -0.1) is 0 Å². The normalized spacial score (nSPS) is 18.8. The van der Waals surface area contributed by atoms with E-state index in [1.54, 1.807) is 0 Å². The molecule has 1 N–H and O–H groups in total. The van der Waals surface area contributed by atoms with E-state index in [0.717, 1.165) is 28.7 Å². The zero-order chi connectivity index (χ0) is 13.3. The largest absolute Gasteiger partial charge is 0.459 e. The number of hydrogen-bond acceptors (Lipinski definition) is 3. The fraction of sp³-hybridized carbons (Fsp3) is 0.500. The molecule has 0 bridgehead atoms. The summed E-state index contributed by atoms with van der Waals surface area (Å²) >= 11 is 3.45. The lowest BCUT2D eigenvalue weighted by Crippen LogP contribution is -2.31. The van der Waals surface area contributed by atoms with Crippen LogP contribution in [0.2, 0.25) is 0 Å². The van der Waals surface area contributed by atoms with Crippen LogP contribution >= 0.6 is 15.9 Å². The molecule has 1 aliphatic heterocycles. The van der Waals surface area contributed by atoms with Gasteiger partial charge in [-0.3, -0.25) is 4.79 Å². The summed E-state index contributed by atoms with van der Waals surface area (Å²) in [7, 11) is 0. The molecule has 2 rings (SSSR count). The van der Waals surface area contributed by atoms with E-state index in [1.807, 2.05) is 39.0 Å². The zero-order valence-corrected chi connectivity index (χ0v) is 12.5. The van der Waals surface area contributed by atoms with E-state index >= 15 is 0 Å². The number of ether oxygens (including phenoxy) is 1. The van der Waals surface area contributed by atoms with Crippen LogP contribution in [0.4, 0.5) is 5.69 Å². The van der Waals surface area contributed by atoms with Gasteiger partial charge in [0.2, 0.25) is 0 Å². The van der Waals surface area contributed by atoms with Gasteiger partial charge in [0.05, 0.1) is 5.92 Å². The predicted octanol–water partition coefficient (Wildman–Crippen LogP) is 3.69.